The van der Waals surface area contributed by atoms with Crippen molar-refractivity contribution in [2.24, 2.45) is 11.8 Å². The number of rotatable bonds is 3. The van der Waals surface area contributed by atoms with Gasteiger partial charge in [-0.15, -0.1) is 0 Å². The summed E-state index contributed by atoms with van der Waals surface area (Å²) >= 11 is 0. The SMILES string of the molecule is CC(C)(C)OC(=O)N1CC2C(C1)C2Oc1cc(C#N)cc(-c2ccc(F)cc2)n1. The number of benzene rings is 1. The van der Waals surface area contributed by atoms with Gasteiger partial charge in [0, 0.05) is 36.6 Å². The van der Waals surface area contributed by atoms with E-state index in [4.69, 9.17) is 9.47 Å². The average Bonchev–Trinajstić information content (AvgIpc) is 3.10. The Morgan fingerprint density at radius 1 is 1.21 bits per heavy atom. The van der Waals surface area contributed by atoms with Crippen molar-refractivity contribution in [1.29, 1.82) is 5.26 Å². The van der Waals surface area contributed by atoms with Crippen molar-refractivity contribution in [1.82, 2.24) is 9.88 Å². The van der Waals surface area contributed by atoms with Gasteiger partial charge in [0.05, 0.1) is 17.3 Å². The van der Waals surface area contributed by atoms with Gasteiger partial charge in [-0.2, -0.15) is 5.26 Å². The van der Waals surface area contributed by atoms with Gasteiger partial charge in [-0.1, -0.05) is 0 Å². The minimum atomic E-state index is -0.516. The van der Waals surface area contributed by atoms with Crippen LogP contribution >= 0.6 is 0 Å². The molecule has 0 bridgehead atoms. The number of halogens is 1. The van der Waals surface area contributed by atoms with E-state index in [2.05, 4.69) is 11.1 Å². The van der Waals surface area contributed by atoms with Gasteiger partial charge in [0.15, 0.2) is 0 Å². The van der Waals surface area contributed by atoms with Crippen LogP contribution in [0.15, 0.2) is 36.4 Å². The van der Waals surface area contributed by atoms with Crippen LogP contribution in [0.25, 0.3) is 11.3 Å². The van der Waals surface area contributed by atoms with E-state index < -0.39 is 5.60 Å². The van der Waals surface area contributed by atoms with E-state index in [9.17, 15) is 14.4 Å². The zero-order valence-electron chi connectivity index (χ0n) is 16.6. The van der Waals surface area contributed by atoms with Crippen LogP contribution in [0.5, 0.6) is 5.88 Å². The number of carbonyl (C=O) groups is 1. The molecule has 4 rings (SSSR count). The second-order valence-corrected chi connectivity index (χ2v) is 8.49. The smallest absolute Gasteiger partial charge is 0.410 e. The number of carbonyl (C=O) groups excluding carboxylic acids is 1. The number of nitriles is 1. The number of hydrogen-bond donors (Lipinski definition) is 0. The molecule has 0 N–H and O–H groups in total. The molecule has 0 spiro atoms. The molecule has 2 atom stereocenters. The Morgan fingerprint density at radius 3 is 2.45 bits per heavy atom. The highest BCUT2D eigenvalue weighted by Crippen LogP contribution is 2.48. The van der Waals surface area contributed by atoms with E-state index in [1.807, 2.05) is 20.8 Å². The summed E-state index contributed by atoms with van der Waals surface area (Å²) in [5.41, 5.74) is 1.18. The molecular weight excluding hydrogens is 373 g/mol. The maximum absolute atomic E-state index is 13.2. The van der Waals surface area contributed by atoms with Crippen LogP contribution in [-0.2, 0) is 4.74 Å². The lowest BCUT2D eigenvalue weighted by Gasteiger charge is -2.26. The number of likely N-dealkylation sites (tertiary alicyclic amines) is 1. The molecule has 2 aliphatic rings. The summed E-state index contributed by atoms with van der Waals surface area (Å²) in [5.74, 6) is 0.516. The van der Waals surface area contributed by atoms with Gasteiger partial charge in [-0.3, -0.25) is 0 Å². The normalized spacial score (nSPS) is 22.6. The van der Waals surface area contributed by atoms with Crippen molar-refractivity contribution < 1.29 is 18.7 Å². The van der Waals surface area contributed by atoms with E-state index in [1.54, 1.807) is 29.2 Å². The lowest BCUT2D eigenvalue weighted by Crippen LogP contribution is -2.38. The lowest BCUT2D eigenvalue weighted by atomic mass is 10.1. The Hall–Kier alpha value is -3.14. The Balaban J connectivity index is 1.43. The van der Waals surface area contributed by atoms with E-state index in [0.717, 1.165) is 0 Å². The molecule has 2 aromatic rings. The van der Waals surface area contributed by atoms with Crippen molar-refractivity contribution in [3.8, 4) is 23.2 Å². The zero-order valence-corrected chi connectivity index (χ0v) is 16.6. The zero-order chi connectivity index (χ0) is 20.8. The summed E-state index contributed by atoms with van der Waals surface area (Å²) in [6, 6.07) is 11.3. The maximum atomic E-state index is 13.2. The molecule has 2 unspecified atom stereocenters. The summed E-state index contributed by atoms with van der Waals surface area (Å²) in [7, 11) is 0. The molecule has 1 aliphatic heterocycles. The van der Waals surface area contributed by atoms with Crippen molar-refractivity contribution in [3.05, 3.63) is 47.8 Å². The Morgan fingerprint density at radius 2 is 1.86 bits per heavy atom. The molecule has 1 saturated carbocycles. The van der Waals surface area contributed by atoms with Crippen LogP contribution in [0.3, 0.4) is 0 Å². The van der Waals surface area contributed by atoms with E-state index >= 15 is 0 Å². The van der Waals surface area contributed by atoms with Crippen LogP contribution in [0, 0.1) is 29.0 Å². The quantitative estimate of drug-likeness (QED) is 0.785. The number of aromatic nitrogens is 1. The largest absolute Gasteiger partial charge is 0.474 e. The van der Waals surface area contributed by atoms with Crippen LogP contribution in [0.2, 0.25) is 0 Å². The van der Waals surface area contributed by atoms with Crippen molar-refractivity contribution in [3.63, 3.8) is 0 Å². The molecule has 2 fully saturated rings. The third-order valence-corrected chi connectivity index (χ3v) is 5.09. The molecule has 1 aliphatic carbocycles. The van der Waals surface area contributed by atoms with Gasteiger partial charge in [-0.05, 0) is 51.1 Å². The Labute approximate surface area is 168 Å². The third-order valence-electron chi connectivity index (χ3n) is 5.09. The highest BCUT2D eigenvalue weighted by atomic mass is 19.1. The predicted molar refractivity (Wildman–Crippen MR) is 104 cm³/mol. The minimum Gasteiger partial charge on any atom is -0.474 e. The fraction of sp³-hybridized carbons (Fsp3) is 0.409. The minimum absolute atomic E-state index is 0.0313. The molecule has 0 radical (unpaired) electrons. The first-order chi connectivity index (χ1) is 13.7. The summed E-state index contributed by atoms with van der Waals surface area (Å²) in [6.07, 6.45) is -0.331. The van der Waals surface area contributed by atoms with Crippen LogP contribution < -0.4 is 4.74 Å². The molecule has 7 heteroatoms. The fourth-order valence-electron chi connectivity index (χ4n) is 3.66. The average molecular weight is 395 g/mol. The van der Waals surface area contributed by atoms with Gasteiger partial charge < -0.3 is 14.4 Å². The van der Waals surface area contributed by atoms with E-state index in [0.29, 0.717) is 35.8 Å². The number of amides is 1. The molecular formula is C22H22FN3O3. The van der Waals surface area contributed by atoms with E-state index in [1.165, 1.54) is 12.1 Å². The maximum Gasteiger partial charge on any atom is 0.410 e. The number of ether oxygens (including phenoxy) is 2. The molecule has 6 nitrogen and oxygen atoms in total. The molecule has 1 aromatic heterocycles. The first-order valence-electron chi connectivity index (χ1n) is 9.56. The predicted octanol–water partition coefficient (Wildman–Crippen LogP) is 4.00. The molecule has 1 amide bonds. The van der Waals surface area contributed by atoms with Gasteiger partial charge in [0.25, 0.3) is 0 Å². The molecule has 1 saturated heterocycles. The third kappa shape index (κ3) is 4.16. The molecule has 2 heterocycles. The first kappa shape index (κ1) is 19.2. The van der Waals surface area contributed by atoms with E-state index in [-0.39, 0.29) is 29.9 Å². The van der Waals surface area contributed by atoms with Crippen molar-refractivity contribution >= 4 is 6.09 Å². The van der Waals surface area contributed by atoms with Crippen LogP contribution in [0.1, 0.15) is 26.3 Å². The molecule has 1 aromatic carbocycles. The highest BCUT2D eigenvalue weighted by molar-refractivity contribution is 5.69. The molecule has 29 heavy (non-hydrogen) atoms. The number of nitrogens with zero attached hydrogens (tertiary/aromatic N) is 3. The van der Waals surface area contributed by atoms with Crippen LogP contribution in [0.4, 0.5) is 9.18 Å². The van der Waals surface area contributed by atoms with Crippen molar-refractivity contribution in [2.75, 3.05) is 13.1 Å². The summed E-state index contributed by atoms with van der Waals surface area (Å²) in [6.45, 7) is 6.72. The van der Waals surface area contributed by atoms with Crippen LogP contribution in [-0.4, -0.2) is 40.8 Å². The van der Waals surface area contributed by atoms with Gasteiger partial charge in [0.1, 0.15) is 17.5 Å². The number of pyridine rings is 1. The van der Waals surface area contributed by atoms with Crippen molar-refractivity contribution in [2.45, 2.75) is 32.5 Å². The number of piperidine rings is 1. The number of fused-ring (bicyclic) bond motifs is 1. The van der Waals surface area contributed by atoms with Gasteiger partial charge in [-0.25, -0.2) is 14.2 Å². The lowest BCUT2D eigenvalue weighted by molar-refractivity contribution is 0.0252. The number of hydrogen-bond acceptors (Lipinski definition) is 5. The van der Waals surface area contributed by atoms with Gasteiger partial charge >= 0.3 is 6.09 Å². The molecule has 150 valence electrons. The standard InChI is InChI=1S/C22H22FN3O3/c1-22(2,3)29-21(27)26-11-16-17(12-26)20(16)28-19-9-13(10-24)8-18(25-19)14-4-6-15(23)7-5-14/h4-9,16-17,20H,11-12H2,1-3H3. The second kappa shape index (κ2) is 7.03. The Bertz CT molecular complexity index is 966. The highest BCUT2D eigenvalue weighted by Gasteiger charge is 2.59. The summed E-state index contributed by atoms with van der Waals surface area (Å²) < 4.78 is 24.6. The Kier molecular flexibility index (Phi) is 4.65. The monoisotopic (exact) mass is 395 g/mol. The first-order valence-corrected chi connectivity index (χ1v) is 9.56. The fourth-order valence-corrected chi connectivity index (χ4v) is 3.66. The summed E-state index contributed by atoms with van der Waals surface area (Å²) in [5, 5.41) is 9.33. The second-order valence-electron chi connectivity index (χ2n) is 8.49. The topological polar surface area (TPSA) is 75.4 Å². The summed E-state index contributed by atoms with van der Waals surface area (Å²) in [4.78, 5) is 18.4. The van der Waals surface area contributed by atoms with Gasteiger partial charge in [0.2, 0.25) is 5.88 Å².